The largest absolute Gasteiger partial charge is 0.454 e. The lowest BCUT2D eigenvalue weighted by molar-refractivity contribution is -0.154. The topological polar surface area (TPSA) is 88.1 Å². The van der Waals surface area contributed by atoms with Crippen LogP contribution in [0.2, 0.25) is 0 Å². The maximum absolute atomic E-state index is 12.7. The van der Waals surface area contributed by atoms with E-state index in [0.29, 0.717) is 51.1 Å². The van der Waals surface area contributed by atoms with Crippen LogP contribution in [0.15, 0.2) is 18.2 Å². The Morgan fingerprint density at radius 3 is 3.04 bits per heavy atom. The monoisotopic (exact) mass is 360 g/mol. The first-order valence-corrected chi connectivity index (χ1v) is 9.21. The zero-order chi connectivity index (χ0) is 18.1. The fourth-order valence-electron chi connectivity index (χ4n) is 4.16. The van der Waals surface area contributed by atoms with E-state index in [0.717, 1.165) is 17.7 Å². The number of carbonyl (C=O) groups is 2. The first kappa shape index (κ1) is 17.1. The second kappa shape index (κ2) is 6.79. The molecular formula is C19H24N2O5. The lowest BCUT2D eigenvalue weighted by atomic mass is 9.71. The summed E-state index contributed by atoms with van der Waals surface area (Å²) >= 11 is 0. The maximum Gasteiger partial charge on any atom is 0.231 e. The molecule has 2 amide bonds. The van der Waals surface area contributed by atoms with Gasteiger partial charge in [-0.05, 0) is 43.4 Å². The van der Waals surface area contributed by atoms with E-state index in [1.807, 2.05) is 18.2 Å². The number of benzene rings is 1. The van der Waals surface area contributed by atoms with E-state index in [1.165, 1.54) is 0 Å². The Hall–Kier alpha value is -2.28. The predicted octanol–water partition coefficient (Wildman–Crippen LogP) is 0.837. The molecule has 0 saturated carbocycles. The Kier molecular flexibility index (Phi) is 4.48. The third kappa shape index (κ3) is 3.00. The number of hydrogen-bond acceptors (Lipinski definition) is 5. The molecule has 3 heterocycles. The number of piperidine rings is 2. The molecule has 0 aliphatic carbocycles. The first-order chi connectivity index (χ1) is 12.6. The average molecular weight is 360 g/mol. The highest BCUT2D eigenvalue weighted by Crippen LogP contribution is 2.37. The van der Waals surface area contributed by atoms with Crippen molar-refractivity contribution in [3.63, 3.8) is 0 Å². The molecule has 0 aromatic heterocycles. The van der Waals surface area contributed by atoms with E-state index < -0.39 is 11.5 Å². The molecule has 2 fully saturated rings. The quantitative estimate of drug-likeness (QED) is 0.834. The predicted molar refractivity (Wildman–Crippen MR) is 92.8 cm³/mol. The van der Waals surface area contributed by atoms with Gasteiger partial charge in [0.2, 0.25) is 18.6 Å². The number of aliphatic hydroxyl groups is 1. The third-order valence-corrected chi connectivity index (χ3v) is 5.74. The smallest absolute Gasteiger partial charge is 0.231 e. The van der Waals surface area contributed by atoms with Crippen LogP contribution in [0.25, 0.3) is 0 Å². The van der Waals surface area contributed by atoms with E-state index in [4.69, 9.17) is 9.47 Å². The van der Waals surface area contributed by atoms with Gasteiger partial charge in [-0.25, -0.2) is 0 Å². The molecule has 2 atom stereocenters. The zero-order valence-electron chi connectivity index (χ0n) is 14.7. The van der Waals surface area contributed by atoms with Gasteiger partial charge in [0.1, 0.15) is 0 Å². The number of aryl methyl sites for hydroxylation is 1. The molecule has 3 aliphatic heterocycles. The number of likely N-dealkylation sites (tertiary alicyclic amines) is 1. The van der Waals surface area contributed by atoms with Crippen LogP contribution in [0.4, 0.5) is 0 Å². The van der Waals surface area contributed by atoms with E-state index in [1.54, 1.807) is 4.90 Å². The van der Waals surface area contributed by atoms with Crippen molar-refractivity contribution in [2.45, 2.75) is 38.2 Å². The Bertz CT molecular complexity index is 722. The van der Waals surface area contributed by atoms with Crippen LogP contribution in [-0.4, -0.2) is 54.4 Å². The summed E-state index contributed by atoms with van der Waals surface area (Å²) in [5.41, 5.74) is 0.176. The summed E-state index contributed by atoms with van der Waals surface area (Å²) in [7, 11) is 0. The summed E-state index contributed by atoms with van der Waals surface area (Å²) in [6.07, 6.45) is 2.21. The molecule has 7 heteroatoms. The molecule has 0 radical (unpaired) electrons. The Morgan fingerprint density at radius 2 is 2.19 bits per heavy atom. The fourth-order valence-corrected chi connectivity index (χ4v) is 4.16. The summed E-state index contributed by atoms with van der Waals surface area (Å²) in [6, 6.07) is 5.71. The van der Waals surface area contributed by atoms with Crippen LogP contribution < -0.4 is 14.8 Å². The van der Waals surface area contributed by atoms with Crippen molar-refractivity contribution >= 4 is 11.8 Å². The second-order valence-electron chi connectivity index (χ2n) is 7.32. The summed E-state index contributed by atoms with van der Waals surface area (Å²) in [6.45, 7) is 1.68. The summed E-state index contributed by atoms with van der Waals surface area (Å²) in [5.74, 6) is 1.35. The molecule has 0 unspecified atom stereocenters. The van der Waals surface area contributed by atoms with Crippen LogP contribution in [0.1, 0.15) is 31.2 Å². The maximum atomic E-state index is 12.7. The first-order valence-electron chi connectivity index (χ1n) is 9.21. The fraction of sp³-hybridized carbons (Fsp3) is 0.579. The number of nitrogens with one attached hydrogen (secondary N) is 1. The minimum Gasteiger partial charge on any atom is -0.454 e. The average Bonchev–Trinajstić information content (AvgIpc) is 3.12. The van der Waals surface area contributed by atoms with Crippen molar-refractivity contribution in [1.29, 1.82) is 0 Å². The van der Waals surface area contributed by atoms with Crippen molar-refractivity contribution in [3.05, 3.63) is 23.8 Å². The van der Waals surface area contributed by atoms with Gasteiger partial charge < -0.3 is 24.8 Å². The highest BCUT2D eigenvalue weighted by molar-refractivity contribution is 5.86. The Morgan fingerprint density at radius 1 is 1.35 bits per heavy atom. The van der Waals surface area contributed by atoms with Gasteiger partial charge in [-0.2, -0.15) is 0 Å². The molecule has 4 rings (SSSR count). The van der Waals surface area contributed by atoms with Gasteiger partial charge in [0.15, 0.2) is 11.5 Å². The van der Waals surface area contributed by atoms with Crippen LogP contribution in [0.3, 0.4) is 0 Å². The van der Waals surface area contributed by atoms with Gasteiger partial charge in [-0.3, -0.25) is 9.59 Å². The van der Waals surface area contributed by atoms with Crippen molar-refractivity contribution in [2.75, 3.05) is 26.4 Å². The SMILES string of the molecule is O=C(CCc1ccc2c(c1)OCO2)N1CC[C@@H](O)[C@@]2(CCCNC2=O)C1. The van der Waals surface area contributed by atoms with Crippen LogP contribution in [0.5, 0.6) is 11.5 Å². The molecule has 0 bridgehead atoms. The number of aliphatic hydroxyl groups excluding tert-OH is 1. The second-order valence-corrected chi connectivity index (χ2v) is 7.32. The zero-order valence-corrected chi connectivity index (χ0v) is 14.7. The number of rotatable bonds is 3. The van der Waals surface area contributed by atoms with Crippen molar-refractivity contribution in [1.82, 2.24) is 10.2 Å². The van der Waals surface area contributed by atoms with Gasteiger partial charge in [0.25, 0.3) is 0 Å². The Balaban J connectivity index is 1.39. The normalized spacial score (nSPS) is 27.5. The number of ether oxygens (including phenoxy) is 2. The standard InChI is InChI=1S/C19H24N2O5/c22-16-6-9-21(11-19(16)7-1-8-20-18(19)24)17(23)5-3-13-2-4-14-15(10-13)26-12-25-14/h2,4,10,16,22H,1,3,5-9,11-12H2,(H,20,24)/t16-,19-/m1/s1. The van der Waals surface area contributed by atoms with Gasteiger partial charge in [-0.15, -0.1) is 0 Å². The molecule has 1 spiro atoms. The summed E-state index contributed by atoms with van der Waals surface area (Å²) < 4.78 is 10.7. The molecule has 7 nitrogen and oxygen atoms in total. The molecule has 140 valence electrons. The highest BCUT2D eigenvalue weighted by atomic mass is 16.7. The number of fused-ring (bicyclic) bond motifs is 1. The molecule has 1 aromatic rings. The number of carbonyl (C=O) groups excluding carboxylic acids is 2. The summed E-state index contributed by atoms with van der Waals surface area (Å²) in [5, 5.41) is 13.3. The van der Waals surface area contributed by atoms with E-state index in [-0.39, 0.29) is 18.6 Å². The van der Waals surface area contributed by atoms with E-state index in [9.17, 15) is 14.7 Å². The number of amides is 2. The lowest BCUT2D eigenvalue weighted by Gasteiger charge is -2.46. The molecule has 3 aliphatic rings. The molecule has 26 heavy (non-hydrogen) atoms. The minimum absolute atomic E-state index is 0.0207. The van der Waals surface area contributed by atoms with Crippen LogP contribution in [0, 0.1) is 5.41 Å². The van der Waals surface area contributed by atoms with Crippen molar-refractivity contribution in [3.8, 4) is 11.5 Å². The highest BCUT2D eigenvalue weighted by Gasteiger charge is 2.50. The minimum atomic E-state index is -0.842. The van der Waals surface area contributed by atoms with Gasteiger partial charge in [0.05, 0.1) is 11.5 Å². The van der Waals surface area contributed by atoms with Gasteiger partial charge in [-0.1, -0.05) is 6.07 Å². The van der Waals surface area contributed by atoms with Crippen LogP contribution in [-0.2, 0) is 16.0 Å². The number of nitrogens with zero attached hydrogens (tertiary/aromatic N) is 1. The van der Waals surface area contributed by atoms with Gasteiger partial charge in [0, 0.05) is 26.1 Å². The summed E-state index contributed by atoms with van der Waals surface area (Å²) in [4.78, 5) is 26.8. The Labute approximate surface area is 152 Å². The molecule has 1 aromatic carbocycles. The molecular weight excluding hydrogens is 336 g/mol. The lowest BCUT2D eigenvalue weighted by Crippen LogP contribution is -2.62. The van der Waals surface area contributed by atoms with E-state index in [2.05, 4.69) is 5.32 Å². The molecule has 2 saturated heterocycles. The third-order valence-electron chi connectivity index (χ3n) is 5.74. The van der Waals surface area contributed by atoms with Crippen molar-refractivity contribution in [2.24, 2.45) is 5.41 Å². The van der Waals surface area contributed by atoms with Crippen LogP contribution >= 0.6 is 0 Å². The number of hydrogen-bond donors (Lipinski definition) is 2. The van der Waals surface area contributed by atoms with E-state index >= 15 is 0 Å². The van der Waals surface area contributed by atoms with Crippen molar-refractivity contribution < 1.29 is 24.2 Å². The molecule has 2 N–H and O–H groups in total. The van der Waals surface area contributed by atoms with Gasteiger partial charge >= 0.3 is 0 Å².